The van der Waals surface area contributed by atoms with E-state index < -0.39 is 0 Å². The average Bonchev–Trinajstić information content (AvgIpc) is 2.43. The van der Waals surface area contributed by atoms with Crippen LogP contribution in [-0.4, -0.2) is 6.54 Å². The highest BCUT2D eigenvalue weighted by molar-refractivity contribution is 5.72. The molecule has 96 valence electrons. The van der Waals surface area contributed by atoms with Gasteiger partial charge >= 0.3 is 0 Å². The number of hydrogen-bond donors (Lipinski definition) is 1. The normalized spacial score (nSPS) is 9.95. The Labute approximate surface area is 111 Å². The van der Waals surface area contributed by atoms with E-state index in [9.17, 15) is 9.65 Å². The van der Waals surface area contributed by atoms with Crippen molar-refractivity contribution in [3.05, 3.63) is 53.8 Å². The van der Waals surface area contributed by atoms with E-state index in [2.05, 4.69) is 6.07 Å². The van der Waals surface area contributed by atoms with Crippen LogP contribution in [0.4, 0.5) is 21.5 Å². The largest absolute Gasteiger partial charge is 0.399 e. The van der Waals surface area contributed by atoms with Crippen LogP contribution < -0.4 is 10.6 Å². The molecule has 4 heteroatoms. The molecule has 0 aromatic heterocycles. The molecule has 0 radical (unpaired) electrons. The molecule has 0 amide bonds. The van der Waals surface area contributed by atoms with Gasteiger partial charge in [0.2, 0.25) is 0 Å². The fraction of sp³-hybridized carbons (Fsp3) is 0.133. The standard InChI is InChI=1S/C15H14FN3/c1-2-19(15-6-4-3-5-13(15)16)14-8-7-12(18)9-11(14)10-17/h3-9H,2,18H2,1H3. The fourth-order valence-corrected chi connectivity index (χ4v) is 2.02. The highest BCUT2D eigenvalue weighted by Gasteiger charge is 2.15. The number of para-hydroxylation sites is 1. The molecule has 0 saturated carbocycles. The van der Waals surface area contributed by atoms with Gasteiger partial charge in [-0.15, -0.1) is 0 Å². The highest BCUT2D eigenvalue weighted by atomic mass is 19.1. The number of nitrogen functional groups attached to an aromatic ring is 1. The Hall–Kier alpha value is -2.54. The molecular weight excluding hydrogens is 241 g/mol. The zero-order valence-corrected chi connectivity index (χ0v) is 10.6. The number of nitrogens with zero attached hydrogens (tertiary/aromatic N) is 2. The second kappa shape index (κ2) is 5.40. The number of nitrogens with two attached hydrogens (primary N) is 1. The van der Waals surface area contributed by atoms with Crippen molar-refractivity contribution >= 4 is 17.1 Å². The van der Waals surface area contributed by atoms with E-state index in [0.717, 1.165) is 0 Å². The maximum atomic E-state index is 13.9. The summed E-state index contributed by atoms with van der Waals surface area (Å²) in [6.45, 7) is 2.46. The summed E-state index contributed by atoms with van der Waals surface area (Å²) in [4.78, 5) is 1.76. The number of hydrogen-bond acceptors (Lipinski definition) is 3. The van der Waals surface area contributed by atoms with Crippen LogP contribution in [0.2, 0.25) is 0 Å². The third-order valence-electron chi connectivity index (χ3n) is 2.89. The number of benzene rings is 2. The molecule has 0 atom stereocenters. The fourth-order valence-electron chi connectivity index (χ4n) is 2.02. The quantitative estimate of drug-likeness (QED) is 0.855. The second-order valence-corrected chi connectivity index (χ2v) is 4.08. The predicted molar refractivity (Wildman–Crippen MR) is 74.6 cm³/mol. The van der Waals surface area contributed by atoms with Gasteiger partial charge in [0.05, 0.1) is 16.9 Å². The molecule has 2 aromatic carbocycles. The summed E-state index contributed by atoms with van der Waals surface area (Å²) >= 11 is 0. The first kappa shape index (κ1) is 12.9. The van der Waals surface area contributed by atoms with Crippen LogP contribution in [-0.2, 0) is 0 Å². The highest BCUT2D eigenvalue weighted by Crippen LogP contribution is 2.30. The summed E-state index contributed by atoms with van der Waals surface area (Å²) < 4.78 is 13.9. The van der Waals surface area contributed by atoms with Gasteiger partial charge < -0.3 is 10.6 Å². The second-order valence-electron chi connectivity index (χ2n) is 4.08. The van der Waals surface area contributed by atoms with Gasteiger partial charge in [-0.25, -0.2) is 4.39 Å². The molecule has 0 aliphatic carbocycles. The van der Waals surface area contributed by atoms with Crippen molar-refractivity contribution in [2.45, 2.75) is 6.92 Å². The van der Waals surface area contributed by atoms with E-state index in [4.69, 9.17) is 5.73 Å². The van der Waals surface area contributed by atoms with Crippen LogP contribution >= 0.6 is 0 Å². The molecule has 3 nitrogen and oxygen atoms in total. The summed E-state index contributed by atoms with van der Waals surface area (Å²) in [5.41, 5.74) is 7.73. The first-order valence-electron chi connectivity index (χ1n) is 5.99. The Morgan fingerprint density at radius 3 is 2.58 bits per heavy atom. The van der Waals surface area contributed by atoms with Gasteiger partial charge in [-0.3, -0.25) is 0 Å². The molecule has 2 rings (SSSR count). The number of rotatable bonds is 3. The lowest BCUT2D eigenvalue weighted by Gasteiger charge is -2.24. The molecule has 2 N–H and O–H groups in total. The Bertz CT molecular complexity index is 632. The SMILES string of the molecule is CCN(c1ccccc1F)c1ccc(N)cc1C#N. The van der Waals surface area contributed by atoms with E-state index in [-0.39, 0.29) is 5.82 Å². The van der Waals surface area contributed by atoms with Crippen LogP contribution in [0.25, 0.3) is 0 Å². The van der Waals surface area contributed by atoms with Crippen molar-refractivity contribution in [3.8, 4) is 6.07 Å². The van der Waals surface area contributed by atoms with Crippen LogP contribution in [0.1, 0.15) is 12.5 Å². The van der Waals surface area contributed by atoms with Gasteiger partial charge in [-0.1, -0.05) is 12.1 Å². The zero-order chi connectivity index (χ0) is 13.8. The molecule has 2 aromatic rings. The molecule has 0 spiro atoms. The van der Waals surface area contributed by atoms with Gasteiger partial charge in [-0.05, 0) is 37.3 Å². The molecule has 0 heterocycles. The van der Waals surface area contributed by atoms with Gasteiger partial charge in [0, 0.05) is 12.2 Å². The zero-order valence-electron chi connectivity index (χ0n) is 10.6. The molecule has 0 fully saturated rings. The lowest BCUT2D eigenvalue weighted by molar-refractivity contribution is 0.625. The molecule has 0 unspecified atom stereocenters. The van der Waals surface area contributed by atoms with Crippen molar-refractivity contribution in [3.63, 3.8) is 0 Å². The summed E-state index contributed by atoms with van der Waals surface area (Å²) in [6.07, 6.45) is 0. The maximum Gasteiger partial charge on any atom is 0.146 e. The van der Waals surface area contributed by atoms with Crippen molar-refractivity contribution < 1.29 is 4.39 Å². The maximum absolute atomic E-state index is 13.9. The third-order valence-corrected chi connectivity index (χ3v) is 2.89. The monoisotopic (exact) mass is 255 g/mol. The van der Waals surface area contributed by atoms with Crippen LogP contribution in [0.3, 0.4) is 0 Å². The number of anilines is 3. The topological polar surface area (TPSA) is 53.0 Å². The van der Waals surface area contributed by atoms with Crippen molar-refractivity contribution in [2.75, 3.05) is 17.2 Å². The summed E-state index contributed by atoms with van der Waals surface area (Å²) in [5, 5.41) is 9.18. The van der Waals surface area contributed by atoms with E-state index in [1.165, 1.54) is 6.07 Å². The first-order chi connectivity index (χ1) is 9.17. The molecule has 19 heavy (non-hydrogen) atoms. The minimum absolute atomic E-state index is 0.315. The van der Waals surface area contributed by atoms with Crippen molar-refractivity contribution in [2.24, 2.45) is 0 Å². The molecule has 0 bridgehead atoms. The van der Waals surface area contributed by atoms with Crippen LogP contribution in [0.5, 0.6) is 0 Å². The van der Waals surface area contributed by atoms with Crippen molar-refractivity contribution in [1.29, 1.82) is 5.26 Å². The Kier molecular flexibility index (Phi) is 3.67. The van der Waals surface area contributed by atoms with Gasteiger partial charge in [0.1, 0.15) is 11.9 Å². The van der Waals surface area contributed by atoms with E-state index >= 15 is 0 Å². The summed E-state index contributed by atoms with van der Waals surface area (Å²) in [6, 6.07) is 13.6. The number of nitriles is 1. The third kappa shape index (κ3) is 2.50. The minimum Gasteiger partial charge on any atom is -0.399 e. The first-order valence-corrected chi connectivity index (χ1v) is 5.99. The average molecular weight is 255 g/mol. The lowest BCUT2D eigenvalue weighted by atomic mass is 10.1. The molecular formula is C15H14FN3. The smallest absolute Gasteiger partial charge is 0.146 e. The molecule has 0 aliphatic heterocycles. The lowest BCUT2D eigenvalue weighted by Crippen LogP contribution is -2.18. The minimum atomic E-state index is -0.315. The van der Waals surface area contributed by atoms with Gasteiger partial charge in [0.25, 0.3) is 0 Å². The Morgan fingerprint density at radius 2 is 1.95 bits per heavy atom. The Morgan fingerprint density at radius 1 is 1.21 bits per heavy atom. The molecule has 0 aliphatic rings. The number of halogens is 1. The van der Waals surface area contributed by atoms with Crippen LogP contribution in [0, 0.1) is 17.1 Å². The van der Waals surface area contributed by atoms with Crippen molar-refractivity contribution in [1.82, 2.24) is 0 Å². The van der Waals surface area contributed by atoms with E-state index in [1.807, 2.05) is 6.92 Å². The predicted octanol–water partition coefficient (Wildman–Crippen LogP) is 3.44. The molecule has 0 saturated heterocycles. The Balaban J connectivity index is 2.55. The van der Waals surface area contributed by atoms with Gasteiger partial charge in [-0.2, -0.15) is 5.26 Å². The van der Waals surface area contributed by atoms with E-state index in [1.54, 1.807) is 41.3 Å². The van der Waals surface area contributed by atoms with Gasteiger partial charge in [0.15, 0.2) is 0 Å². The van der Waals surface area contributed by atoms with E-state index in [0.29, 0.717) is 29.2 Å². The van der Waals surface area contributed by atoms with Crippen LogP contribution in [0.15, 0.2) is 42.5 Å². The summed E-state index contributed by atoms with van der Waals surface area (Å²) in [7, 11) is 0. The summed E-state index contributed by atoms with van der Waals surface area (Å²) in [5.74, 6) is -0.315.